The van der Waals surface area contributed by atoms with E-state index >= 15 is 0 Å². The molecule has 0 aliphatic carbocycles. The topological polar surface area (TPSA) is 38.1 Å². The Hall–Kier alpha value is -2.53. The van der Waals surface area contributed by atoms with Gasteiger partial charge in [0.2, 0.25) is 0 Å². The van der Waals surface area contributed by atoms with E-state index in [2.05, 4.69) is 34.1 Å². The van der Waals surface area contributed by atoms with Gasteiger partial charge in [-0.05, 0) is 49.5 Å². The molecule has 1 fully saturated rings. The van der Waals surface area contributed by atoms with Crippen LogP contribution in [0.4, 0.5) is 4.39 Å². The van der Waals surface area contributed by atoms with Crippen molar-refractivity contribution < 1.29 is 4.39 Å². The van der Waals surface area contributed by atoms with Crippen LogP contribution in [0.5, 0.6) is 0 Å². The van der Waals surface area contributed by atoms with Crippen LogP contribution in [0, 0.1) is 11.7 Å². The lowest BCUT2D eigenvalue weighted by Gasteiger charge is -2.32. The van der Waals surface area contributed by atoms with Crippen molar-refractivity contribution in [2.24, 2.45) is 5.92 Å². The van der Waals surface area contributed by atoms with Gasteiger partial charge < -0.3 is 0 Å². The van der Waals surface area contributed by atoms with Crippen LogP contribution in [-0.2, 0) is 13.1 Å². The molecular weight excluding hydrogens is 329 g/mol. The smallest absolute Gasteiger partial charge is 0.261 e. The second kappa shape index (κ2) is 7.38. The number of benzene rings is 2. The fourth-order valence-corrected chi connectivity index (χ4v) is 3.71. The van der Waals surface area contributed by atoms with E-state index in [1.165, 1.54) is 23.8 Å². The van der Waals surface area contributed by atoms with E-state index in [-0.39, 0.29) is 11.4 Å². The van der Waals surface area contributed by atoms with Gasteiger partial charge in [0.05, 0.1) is 17.2 Å². The molecule has 4 rings (SSSR count). The van der Waals surface area contributed by atoms with Gasteiger partial charge in [-0.2, -0.15) is 0 Å². The van der Waals surface area contributed by atoms with Crippen molar-refractivity contribution in [3.05, 3.63) is 76.6 Å². The Morgan fingerprint density at radius 1 is 1.08 bits per heavy atom. The summed E-state index contributed by atoms with van der Waals surface area (Å²) in [5.41, 5.74) is 1.68. The van der Waals surface area contributed by atoms with Crippen molar-refractivity contribution in [1.82, 2.24) is 14.5 Å². The molecule has 0 atom stereocenters. The molecule has 0 unspecified atom stereocenters. The molecule has 0 spiro atoms. The predicted octanol–water partition coefficient (Wildman–Crippen LogP) is 3.45. The van der Waals surface area contributed by atoms with Crippen LogP contribution in [0.1, 0.15) is 18.4 Å². The van der Waals surface area contributed by atoms with Crippen LogP contribution < -0.4 is 5.56 Å². The zero-order chi connectivity index (χ0) is 17.9. The summed E-state index contributed by atoms with van der Waals surface area (Å²) in [4.78, 5) is 19.3. The van der Waals surface area contributed by atoms with Gasteiger partial charge in [-0.15, -0.1) is 0 Å². The molecule has 0 bridgehead atoms. The van der Waals surface area contributed by atoms with Crippen LogP contribution in [0.15, 0.2) is 59.7 Å². The van der Waals surface area contributed by atoms with Crippen LogP contribution in [0.3, 0.4) is 0 Å². The zero-order valence-electron chi connectivity index (χ0n) is 14.6. The molecule has 0 amide bonds. The largest absolute Gasteiger partial charge is 0.299 e. The Kier molecular flexibility index (Phi) is 4.80. The third kappa shape index (κ3) is 3.68. The Morgan fingerprint density at radius 3 is 2.62 bits per heavy atom. The highest BCUT2D eigenvalue weighted by Gasteiger charge is 2.20. The van der Waals surface area contributed by atoms with Crippen LogP contribution in [-0.4, -0.2) is 27.5 Å². The second-order valence-corrected chi connectivity index (χ2v) is 7.07. The molecule has 134 valence electrons. The number of likely N-dealkylation sites (tertiary alicyclic amines) is 1. The van der Waals surface area contributed by atoms with Gasteiger partial charge in [-0.25, -0.2) is 9.37 Å². The molecule has 0 radical (unpaired) electrons. The number of piperidine rings is 1. The van der Waals surface area contributed by atoms with E-state index < -0.39 is 0 Å². The van der Waals surface area contributed by atoms with Gasteiger partial charge in [0.25, 0.3) is 5.56 Å². The van der Waals surface area contributed by atoms with E-state index in [1.807, 2.05) is 6.07 Å². The molecule has 4 nitrogen and oxygen atoms in total. The standard InChI is InChI=1S/C21H22FN3O/c22-18-6-7-19-20(12-18)23-15-25(21(19)26)14-17-8-10-24(11-9-17)13-16-4-2-1-3-5-16/h1-7,12,15,17H,8-11,13-14H2. The highest BCUT2D eigenvalue weighted by atomic mass is 19.1. The number of aromatic nitrogens is 2. The maximum Gasteiger partial charge on any atom is 0.261 e. The summed E-state index contributed by atoms with van der Waals surface area (Å²) in [6.07, 6.45) is 3.70. The summed E-state index contributed by atoms with van der Waals surface area (Å²) in [5, 5.41) is 0.482. The van der Waals surface area contributed by atoms with Crippen LogP contribution in [0.2, 0.25) is 0 Å². The molecule has 5 heteroatoms. The number of fused-ring (bicyclic) bond motifs is 1. The Balaban J connectivity index is 1.40. The van der Waals surface area contributed by atoms with Gasteiger partial charge in [-0.1, -0.05) is 30.3 Å². The molecule has 1 aliphatic heterocycles. The van der Waals surface area contributed by atoms with E-state index in [9.17, 15) is 9.18 Å². The van der Waals surface area contributed by atoms with E-state index in [0.29, 0.717) is 23.4 Å². The Morgan fingerprint density at radius 2 is 1.85 bits per heavy atom. The number of hydrogen-bond acceptors (Lipinski definition) is 3. The molecule has 0 N–H and O–H groups in total. The molecule has 2 heterocycles. The number of nitrogens with zero attached hydrogens (tertiary/aromatic N) is 3. The fraction of sp³-hybridized carbons (Fsp3) is 0.333. The minimum atomic E-state index is -0.368. The van der Waals surface area contributed by atoms with Crippen molar-refractivity contribution >= 4 is 10.9 Å². The minimum absolute atomic E-state index is 0.0817. The maximum atomic E-state index is 13.3. The molecule has 1 aliphatic rings. The summed E-state index contributed by atoms with van der Waals surface area (Å²) in [5.74, 6) is 0.104. The predicted molar refractivity (Wildman–Crippen MR) is 100 cm³/mol. The van der Waals surface area contributed by atoms with Crippen LogP contribution >= 0.6 is 0 Å². The third-order valence-corrected chi connectivity index (χ3v) is 5.20. The van der Waals surface area contributed by atoms with Crippen molar-refractivity contribution in [2.75, 3.05) is 13.1 Å². The average molecular weight is 351 g/mol. The van der Waals surface area contributed by atoms with Crippen molar-refractivity contribution in [3.63, 3.8) is 0 Å². The van der Waals surface area contributed by atoms with Gasteiger partial charge >= 0.3 is 0 Å². The fourth-order valence-electron chi connectivity index (χ4n) is 3.71. The highest BCUT2D eigenvalue weighted by molar-refractivity contribution is 5.77. The van der Waals surface area contributed by atoms with Gasteiger partial charge in [0.15, 0.2) is 0 Å². The van der Waals surface area contributed by atoms with Crippen molar-refractivity contribution in [3.8, 4) is 0 Å². The highest BCUT2D eigenvalue weighted by Crippen LogP contribution is 2.20. The SMILES string of the molecule is O=c1c2ccc(F)cc2ncn1CC1CCN(Cc2ccccc2)CC1. The first-order valence-corrected chi connectivity index (χ1v) is 9.10. The summed E-state index contributed by atoms with van der Waals surface area (Å²) in [6, 6.07) is 14.7. The summed E-state index contributed by atoms with van der Waals surface area (Å²) in [6.45, 7) is 3.75. The molecular formula is C21H22FN3O. The van der Waals surface area contributed by atoms with Gasteiger partial charge in [-0.3, -0.25) is 14.3 Å². The zero-order valence-corrected chi connectivity index (χ0v) is 14.6. The van der Waals surface area contributed by atoms with Crippen molar-refractivity contribution in [1.29, 1.82) is 0 Å². The van der Waals surface area contributed by atoms with Gasteiger partial charge in [0, 0.05) is 19.2 Å². The first kappa shape index (κ1) is 16.9. The summed E-state index contributed by atoms with van der Waals surface area (Å²) < 4.78 is 15.0. The monoisotopic (exact) mass is 351 g/mol. The Labute approximate surface area is 151 Å². The molecule has 3 aromatic rings. The lowest BCUT2D eigenvalue weighted by Crippen LogP contribution is -2.36. The molecule has 0 saturated carbocycles. The maximum absolute atomic E-state index is 13.3. The second-order valence-electron chi connectivity index (χ2n) is 7.07. The minimum Gasteiger partial charge on any atom is -0.299 e. The van der Waals surface area contributed by atoms with Gasteiger partial charge in [0.1, 0.15) is 5.82 Å². The molecule has 1 saturated heterocycles. The first-order chi connectivity index (χ1) is 12.7. The molecule has 26 heavy (non-hydrogen) atoms. The van der Waals surface area contributed by atoms with Crippen LogP contribution in [0.25, 0.3) is 10.9 Å². The number of halogens is 1. The number of hydrogen-bond donors (Lipinski definition) is 0. The van der Waals surface area contributed by atoms with E-state index in [4.69, 9.17) is 0 Å². The normalized spacial score (nSPS) is 16.2. The quantitative estimate of drug-likeness (QED) is 0.723. The lowest BCUT2D eigenvalue weighted by molar-refractivity contribution is 0.166. The number of rotatable bonds is 4. The van der Waals surface area contributed by atoms with E-state index in [0.717, 1.165) is 32.5 Å². The first-order valence-electron chi connectivity index (χ1n) is 9.10. The summed E-state index contributed by atoms with van der Waals surface area (Å²) >= 11 is 0. The van der Waals surface area contributed by atoms with E-state index in [1.54, 1.807) is 10.9 Å². The molecule has 1 aromatic heterocycles. The molecule has 2 aromatic carbocycles. The Bertz CT molecular complexity index is 946. The summed E-state index contributed by atoms with van der Waals surface area (Å²) in [7, 11) is 0. The third-order valence-electron chi connectivity index (χ3n) is 5.20. The van der Waals surface area contributed by atoms with Crippen molar-refractivity contribution in [2.45, 2.75) is 25.9 Å². The average Bonchev–Trinajstić information content (AvgIpc) is 2.66. The lowest BCUT2D eigenvalue weighted by atomic mass is 9.96.